The van der Waals surface area contributed by atoms with E-state index in [0.29, 0.717) is 17.9 Å². The Morgan fingerprint density at radius 3 is 2.21 bits per heavy atom. The van der Waals surface area contributed by atoms with Gasteiger partial charge < -0.3 is 10.1 Å². The fourth-order valence-electron chi connectivity index (χ4n) is 2.88. The minimum Gasteiger partial charge on any atom is -0.488 e. The van der Waals surface area contributed by atoms with Crippen LogP contribution in [0.4, 0.5) is 0 Å². The highest BCUT2D eigenvalue weighted by atomic mass is 32.2. The number of para-hydroxylation sites is 1. The van der Waals surface area contributed by atoms with Gasteiger partial charge in [-0.05, 0) is 42.3 Å². The molecule has 0 fully saturated rings. The lowest BCUT2D eigenvalue weighted by atomic mass is 10.1. The second-order valence-electron chi connectivity index (χ2n) is 6.81. The van der Waals surface area contributed by atoms with Crippen molar-refractivity contribution in [1.82, 2.24) is 5.32 Å². The molecule has 0 aliphatic carbocycles. The minimum absolute atomic E-state index is 0.249. The van der Waals surface area contributed by atoms with Crippen LogP contribution in [0.1, 0.15) is 34.5 Å². The molecular formula is C23H23NO4S. The van der Waals surface area contributed by atoms with Crippen LogP contribution in [0.5, 0.6) is 5.75 Å². The molecule has 3 rings (SSSR count). The predicted octanol–water partition coefficient (Wildman–Crippen LogP) is 4.16. The normalized spacial score (nSPS) is 12.2. The van der Waals surface area contributed by atoms with Crippen LogP contribution in [0.15, 0.2) is 83.8 Å². The number of sulfone groups is 1. The van der Waals surface area contributed by atoms with Crippen molar-refractivity contribution in [3.8, 4) is 5.75 Å². The van der Waals surface area contributed by atoms with Gasteiger partial charge in [-0.3, -0.25) is 4.79 Å². The summed E-state index contributed by atoms with van der Waals surface area (Å²) in [5.74, 6) is 0.252. The second kappa shape index (κ2) is 8.92. The van der Waals surface area contributed by atoms with Crippen LogP contribution in [-0.2, 0) is 16.4 Å². The van der Waals surface area contributed by atoms with Gasteiger partial charge in [-0.25, -0.2) is 8.42 Å². The standard InChI is InChI=1S/C23H23NO4S/c1-17(19-12-14-20(15-13-19)29(2,26)27)24-23(25)21-10-6-7-11-22(21)28-16-18-8-4-3-5-9-18/h3-15,17H,16H2,1-2H3,(H,24,25)/t17-/m0/s1. The first-order valence-corrected chi connectivity index (χ1v) is 11.1. The summed E-state index contributed by atoms with van der Waals surface area (Å²) in [5.41, 5.74) is 2.28. The maximum absolute atomic E-state index is 12.8. The Bertz CT molecular complexity index is 1080. The summed E-state index contributed by atoms with van der Waals surface area (Å²) in [6, 6.07) is 23.1. The molecule has 0 heterocycles. The third-order valence-corrected chi connectivity index (χ3v) is 5.65. The highest BCUT2D eigenvalue weighted by Crippen LogP contribution is 2.22. The van der Waals surface area contributed by atoms with Gasteiger partial charge in [0, 0.05) is 6.26 Å². The number of hydrogen-bond donors (Lipinski definition) is 1. The van der Waals surface area contributed by atoms with Crippen LogP contribution in [0.3, 0.4) is 0 Å². The Morgan fingerprint density at radius 1 is 0.931 bits per heavy atom. The SMILES string of the molecule is C[C@H](NC(=O)c1ccccc1OCc1ccccc1)c1ccc(S(C)(=O)=O)cc1. The molecule has 1 atom stereocenters. The largest absolute Gasteiger partial charge is 0.488 e. The van der Waals surface area contributed by atoms with E-state index in [0.717, 1.165) is 11.1 Å². The zero-order valence-electron chi connectivity index (χ0n) is 16.3. The highest BCUT2D eigenvalue weighted by molar-refractivity contribution is 7.90. The molecule has 0 spiro atoms. The van der Waals surface area contributed by atoms with Crippen molar-refractivity contribution in [3.05, 3.63) is 95.6 Å². The number of carbonyl (C=O) groups excluding carboxylic acids is 1. The van der Waals surface area contributed by atoms with Gasteiger partial charge in [-0.2, -0.15) is 0 Å². The maximum atomic E-state index is 12.8. The average Bonchev–Trinajstić information content (AvgIpc) is 2.72. The summed E-state index contributed by atoms with van der Waals surface area (Å²) in [5, 5.41) is 2.94. The second-order valence-corrected chi connectivity index (χ2v) is 8.82. The van der Waals surface area contributed by atoms with Gasteiger partial charge in [-0.15, -0.1) is 0 Å². The van der Waals surface area contributed by atoms with Gasteiger partial charge in [0.15, 0.2) is 9.84 Å². The fourth-order valence-corrected chi connectivity index (χ4v) is 3.51. The fraction of sp³-hybridized carbons (Fsp3) is 0.174. The molecule has 3 aromatic carbocycles. The molecule has 0 saturated heterocycles. The first kappa shape index (κ1) is 20.6. The number of benzene rings is 3. The van der Waals surface area contributed by atoms with Crippen LogP contribution in [0.25, 0.3) is 0 Å². The summed E-state index contributed by atoms with van der Waals surface area (Å²) in [6.45, 7) is 2.22. The molecule has 0 aromatic heterocycles. The van der Waals surface area contributed by atoms with E-state index in [4.69, 9.17) is 4.74 Å². The maximum Gasteiger partial charge on any atom is 0.255 e. The Balaban J connectivity index is 1.70. The van der Waals surface area contributed by atoms with E-state index >= 15 is 0 Å². The van der Waals surface area contributed by atoms with Crippen LogP contribution in [0, 0.1) is 0 Å². The molecule has 0 aliphatic rings. The number of hydrogen-bond acceptors (Lipinski definition) is 4. The first-order chi connectivity index (χ1) is 13.8. The van der Waals surface area contributed by atoms with E-state index < -0.39 is 9.84 Å². The van der Waals surface area contributed by atoms with Crippen molar-refractivity contribution in [3.63, 3.8) is 0 Å². The van der Waals surface area contributed by atoms with E-state index in [2.05, 4.69) is 5.32 Å². The Hall–Kier alpha value is -3.12. The van der Waals surface area contributed by atoms with Crippen molar-refractivity contribution in [2.24, 2.45) is 0 Å². The average molecular weight is 410 g/mol. The smallest absolute Gasteiger partial charge is 0.255 e. The molecular weight excluding hydrogens is 386 g/mol. The molecule has 150 valence electrons. The van der Waals surface area contributed by atoms with Crippen LogP contribution >= 0.6 is 0 Å². The lowest BCUT2D eigenvalue weighted by Crippen LogP contribution is -2.27. The zero-order valence-corrected chi connectivity index (χ0v) is 17.1. The first-order valence-electron chi connectivity index (χ1n) is 9.21. The third kappa shape index (κ3) is 5.45. The molecule has 6 heteroatoms. The topological polar surface area (TPSA) is 72.5 Å². The monoisotopic (exact) mass is 409 g/mol. The lowest BCUT2D eigenvalue weighted by molar-refractivity contribution is 0.0935. The number of carbonyl (C=O) groups is 1. The molecule has 1 N–H and O–H groups in total. The van der Waals surface area contributed by atoms with E-state index in [9.17, 15) is 13.2 Å². The quantitative estimate of drug-likeness (QED) is 0.636. The van der Waals surface area contributed by atoms with Gasteiger partial charge in [0.25, 0.3) is 5.91 Å². The third-order valence-electron chi connectivity index (χ3n) is 4.52. The van der Waals surface area contributed by atoms with Gasteiger partial charge in [0.1, 0.15) is 12.4 Å². The van der Waals surface area contributed by atoms with Crippen molar-refractivity contribution in [1.29, 1.82) is 0 Å². The molecule has 0 radical (unpaired) electrons. The minimum atomic E-state index is -3.25. The molecule has 0 bridgehead atoms. The molecule has 29 heavy (non-hydrogen) atoms. The Morgan fingerprint density at radius 2 is 1.55 bits per heavy atom. The van der Waals surface area contributed by atoms with E-state index in [1.54, 1.807) is 42.5 Å². The van der Waals surface area contributed by atoms with Crippen LogP contribution < -0.4 is 10.1 Å². The van der Waals surface area contributed by atoms with Crippen molar-refractivity contribution >= 4 is 15.7 Å². The van der Waals surface area contributed by atoms with Gasteiger partial charge >= 0.3 is 0 Å². The Kier molecular flexibility index (Phi) is 6.34. The van der Waals surface area contributed by atoms with Gasteiger partial charge in [-0.1, -0.05) is 54.6 Å². The van der Waals surface area contributed by atoms with Gasteiger partial charge in [0.05, 0.1) is 16.5 Å². The summed E-state index contributed by atoms with van der Waals surface area (Å²) < 4.78 is 29.0. The number of amides is 1. The predicted molar refractivity (Wildman–Crippen MR) is 113 cm³/mol. The van der Waals surface area contributed by atoms with Crippen LogP contribution in [0.2, 0.25) is 0 Å². The summed E-state index contributed by atoms with van der Waals surface area (Å²) in [4.78, 5) is 13.0. The summed E-state index contributed by atoms with van der Waals surface area (Å²) >= 11 is 0. The molecule has 1 amide bonds. The van der Waals surface area contributed by atoms with E-state index in [-0.39, 0.29) is 16.8 Å². The molecule has 5 nitrogen and oxygen atoms in total. The van der Waals surface area contributed by atoms with Crippen molar-refractivity contribution in [2.75, 3.05) is 6.26 Å². The highest BCUT2D eigenvalue weighted by Gasteiger charge is 2.16. The molecule has 0 saturated carbocycles. The van der Waals surface area contributed by atoms with Crippen LogP contribution in [-0.4, -0.2) is 20.6 Å². The number of nitrogens with one attached hydrogen (secondary N) is 1. The zero-order chi connectivity index (χ0) is 20.9. The summed E-state index contributed by atoms with van der Waals surface area (Å²) in [6.07, 6.45) is 1.17. The van der Waals surface area contributed by atoms with E-state index in [1.807, 2.05) is 43.3 Å². The number of ether oxygens (including phenoxy) is 1. The van der Waals surface area contributed by atoms with E-state index in [1.165, 1.54) is 6.26 Å². The Labute approximate surface area is 171 Å². The van der Waals surface area contributed by atoms with Crippen molar-refractivity contribution < 1.29 is 17.9 Å². The molecule has 0 aliphatic heterocycles. The lowest BCUT2D eigenvalue weighted by Gasteiger charge is -2.17. The van der Waals surface area contributed by atoms with Gasteiger partial charge in [0.2, 0.25) is 0 Å². The van der Waals surface area contributed by atoms with Crippen molar-refractivity contribution in [2.45, 2.75) is 24.5 Å². The number of rotatable bonds is 7. The molecule has 3 aromatic rings. The molecule has 0 unspecified atom stereocenters. The summed E-state index contributed by atoms with van der Waals surface area (Å²) in [7, 11) is -3.25.